The number of carbonyl (C=O) groups is 1. The summed E-state index contributed by atoms with van der Waals surface area (Å²) in [5.41, 5.74) is 2.71. The van der Waals surface area contributed by atoms with Crippen molar-refractivity contribution in [2.45, 2.75) is 19.3 Å². The molecule has 98 valence electrons. The quantitative estimate of drug-likeness (QED) is 0.843. The number of rotatable bonds is 4. The van der Waals surface area contributed by atoms with Crippen molar-refractivity contribution in [3.8, 4) is 0 Å². The molecule has 0 radical (unpaired) electrons. The molecule has 2 rings (SSSR count). The zero-order valence-electron chi connectivity index (χ0n) is 10.4. The van der Waals surface area contributed by atoms with Crippen molar-refractivity contribution in [2.75, 3.05) is 23.9 Å². The molecule has 1 heterocycles. The first kappa shape index (κ1) is 13.1. The van der Waals surface area contributed by atoms with Crippen LogP contribution in [0.5, 0.6) is 0 Å². The minimum absolute atomic E-state index is 0.0648. The third-order valence-corrected chi connectivity index (χ3v) is 4.04. The lowest BCUT2D eigenvalue weighted by molar-refractivity contribution is 0.0988. The van der Waals surface area contributed by atoms with Gasteiger partial charge in [-0.1, -0.05) is 12.1 Å². The molecule has 1 aromatic rings. The van der Waals surface area contributed by atoms with Crippen LogP contribution in [0, 0.1) is 0 Å². The van der Waals surface area contributed by atoms with Crippen LogP contribution in [0.1, 0.15) is 28.8 Å². The highest BCUT2D eigenvalue weighted by molar-refractivity contribution is 7.90. The van der Waals surface area contributed by atoms with Crippen molar-refractivity contribution < 1.29 is 13.2 Å². The number of nitrogens with one attached hydrogen (secondary N) is 1. The molecule has 0 spiro atoms. The van der Waals surface area contributed by atoms with Gasteiger partial charge in [-0.05, 0) is 24.5 Å². The summed E-state index contributed by atoms with van der Waals surface area (Å²) in [6.07, 6.45) is 3.10. The fourth-order valence-corrected chi connectivity index (χ4v) is 2.74. The summed E-state index contributed by atoms with van der Waals surface area (Å²) < 4.78 is 22.2. The van der Waals surface area contributed by atoms with E-state index in [1.165, 1.54) is 0 Å². The average Bonchev–Trinajstić information content (AvgIpc) is 2.34. The van der Waals surface area contributed by atoms with Gasteiger partial charge in [-0.3, -0.25) is 4.79 Å². The lowest BCUT2D eigenvalue weighted by atomic mass is 9.94. The number of carbonyl (C=O) groups excluding carboxylic acids is 1. The van der Waals surface area contributed by atoms with Gasteiger partial charge in [0.25, 0.3) is 0 Å². The van der Waals surface area contributed by atoms with Crippen LogP contribution < -0.4 is 5.32 Å². The van der Waals surface area contributed by atoms with Gasteiger partial charge in [0.2, 0.25) is 0 Å². The van der Waals surface area contributed by atoms with E-state index in [0.717, 1.165) is 36.9 Å². The largest absolute Gasteiger partial charge is 0.385 e. The van der Waals surface area contributed by atoms with Gasteiger partial charge < -0.3 is 5.32 Å². The molecule has 18 heavy (non-hydrogen) atoms. The summed E-state index contributed by atoms with van der Waals surface area (Å²) in [5.74, 6) is -0.163. The number of benzene rings is 1. The lowest BCUT2D eigenvalue weighted by Gasteiger charge is -2.20. The maximum atomic E-state index is 12.1. The topological polar surface area (TPSA) is 63.2 Å². The first-order chi connectivity index (χ1) is 8.47. The monoisotopic (exact) mass is 267 g/mol. The Morgan fingerprint density at radius 1 is 1.39 bits per heavy atom. The first-order valence-electron chi connectivity index (χ1n) is 6.04. The fraction of sp³-hybridized carbons (Fsp3) is 0.462. The van der Waals surface area contributed by atoms with E-state index >= 15 is 0 Å². The normalized spacial score (nSPS) is 14.7. The molecule has 0 fully saturated rings. The van der Waals surface area contributed by atoms with Crippen LogP contribution in [0.15, 0.2) is 18.2 Å². The second-order valence-corrected chi connectivity index (χ2v) is 6.92. The summed E-state index contributed by atoms with van der Waals surface area (Å²) in [6.45, 7) is 0.925. The van der Waals surface area contributed by atoms with Crippen molar-refractivity contribution in [1.82, 2.24) is 0 Å². The summed E-state index contributed by atoms with van der Waals surface area (Å²) in [6, 6.07) is 5.59. The molecule has 4 nitrogen and oxygen atoms in total. The van der Waals surface area contributed by atoms with E-state index in [4.69, 9.17) is 0 Å². The van der Waals surface area contributed by atoms with Crippen LogP contribution in [0.4, 0.5) is 5.69 Å². The molecule has 1 aromatic carbocycles. The number of sulfone groups is 1. The van der Waals surface area contributed by atoms with Gasteiger partial charge in [0.15, 0.2) is 5.78 Å². The van der Waals surface area contributed by atoms with Gasteiger partial charge in [-0.25, -0.2) is 8.42 Å². The Kier molecular flexibility index (Phi) is 3.71. The zero-order valence-corrected chi connectivity index (χ0v) is 11.2. The van der Waals surface area contributed by atoms with E-state index in [0.29, 0.717) is 5.56 Å². The second kappa shape index (κ2) is 5.10. The highest BCUT2D eigenvalue weighted by Crippen LogP contribution is 2.26. The van der Waals surface area contributed by atoms with Gasteiger partial charge in [-0.2, -0.15) is 0 Å². The Morgan fingerprint density at radius 2 is 2.17 bits per heavy atom. The summed E-state index contributed by atoms with van der Waals surface area (Å²) in [7, 11) is -3.08. The Balaban J connectivity index is 2.20. The van der Waals surface area contributed by atoms with Gasteiger partial charge in [0.05, 0.1) is 5.75 Å². The van der Waals surface area contributed by atoms with Crippen LogP contribution >= 0.6 is 0 Å². The maximum Gasteiger partial charge on any atom is 0.164 e. The molecule has 0 saturated carbocycles. The predicted molar refractivity (Wildman–Crippen MR) is 71.9 cm³/mol. The van der Waals surface area contributed by atoms with Gasteiger partial charge >= 0.3 is 0 Å². The Bertz CT molecular complexity index is 564. The van der Waals surface area contributed by atoms with Crippen molar-refractivity contribution in [1.29, 1.82) is 0 Å². The van der Waals surface area contributed by atoms with Crippen molar-refractivity contribution in [3.63, 3.8) is 0 Å². The molecule has 0 atom stereocenters. The smallest absolute Gasteiger partial charge is 0.164 e. The summed E-state index contributed by atoms with van der Waals surface area (Å²) in [4.78, 5) is 12.1. The lowest BCUT2D eigenvalue weighted by Crippen LogP contribution is -2.17. The van der Waals surface area contributed by atoms with Gasteiger partial charge in [0.1, 0.15) is 9.84 Å². The number of Topliss-reactive ketones (excluding diaryl/α,β-unsaturated/α-hetero) is 1. The Labute approximate surface area is 107 Å². The fourth-order valence-electron chi connectivity index (χ4n) is 2.18. The first-order valence-corrected chi connectivity index (χ1v) is 8.10. The average molecular weight is 267 g/mol. The summed E-state index contributed by atoms with van der Waals surface area (Å²) >= 11 is 0. The molecular formula is C13H17NO3S. The molecule has 1 N–H and O–H groups in total. The molecule has 0 amide bonds. The molecule has 0 bridgehead atoms. The predicted octanol–water partition coefficient (Wildman–Crippen LogP) is 1.66. The third-order valence-electron chi connectivity index (χ3n) is 3.10. The van der Waals surface area contributed by atoms with Crippen LogP contribution in [0.2, 0.25) is 0 Å². The van der Waals surface area contributed by atoms with Crippen molar-refractivity contribution in [2.24, 2.45) is 0 Å². The van der Waals surface area contributed by atoms with Crippen LogP contribution in [-0.4, -0.2) is 32.8 Å². The molecule has 0 aromatic heterocycles. The standard InChI is InChI=1S/C13H17NO3S/c1-18(16,17)9-7-13(15)11-4-2-6-12-10(11)5-3-8-14-12/h2,4,6,14H,3,5,7-9H2,1H3. The Hall–Kier alpha value is -1.36. The minimum Gasteiger partial charge on any atom is -0.385 e. The molecule has 0 saturated heterocycles. The molecule has 1 aliphatic heterocycles. The van der Waals surface area contributed by atoms with Crippen LogP contribution in [-0.2, 0) is 16.3 Å². The molecule has 0 aliphatic carbocycles. The molecule has 5 heteroatoms. The number of hydrogen-bond acceptors (Lipinski definition) is 4. The molecular weight excluding hydrogens is 250 g/mol. The highest BCUT2D eigenvalue weighted by Gasteiger charge is 2.18. The Morgan fingerprint density at radius 3 is 2.89 bits per heavy atom. The molecule has 0 unspecified atom stereocenters. The van der Waals surface area contributed by atoms with Crippen molar-refractivity contribution in [3.05, 3.63) is 29.3 Å². The van der Waals surface area contributed by atoms with E-state index in [2.05, 4.69) is 5.32 Å². The van der Waals surface area contributed by atoms with Crippen LogP contribution in [0.25, 0.3) is 0 Å². The van der Waals surface area contributed by atoms with E-state index in [9.17, 15) is 13.2 Å². The number of fused-ring (bicyclic) bond motifs is 1. The summed E-state index contributed by atoms with van der Waals surface area (Å²) in [5, 5.41) is 3.26. The minimum atomic E-state index is -3.08. The second-order valence-electron chi connectivity index (χ2n) is 4.67. The number of anilines is 1. The third kappa shape index (κ3) is 3.10. The molecule has 1 aliphatic rings. The van der Waals surface area contributed by atoms with E-state index in [1.54, 1.807) is 6.07 Å². The van der Waals surface area contributed by atoms with Crippen LogP contribution in [0.3, 0.4) is 0 Å². The SMILES string of the molecule is CS(=O)(=O)CCC(=O)c1cccc2c1CCCN2. The van der Waals surface area contributed by atoms with Crippen molar-refractivity contribution >= 4 is 21.3 Å². The zero-order chi connectivity index (χ0) is 13.2. The van der Waals surface area contributed by atoms with E-state index in [1.807, 2.05) is 12.1 Å². The number of hydrogen-bond donors (Lipinski definition) is 1. The van der Waals surface area contributed by atoms with E-state index < -0.39 is 9.84 Å². The number of ketones is 1. The van der Waals surface area contributed by atoms with Gasteiger partial charge in [-0.15, -0.1) is 0 Å². The van der Waals surface area contributed by atoms with Gasteiger partial charge in [0, 0.05) is 30.5 Å². The highest BCUT2D eigenvalue weighted by atomic mass is 32.2. The van der Waals surface area contributed by atoms with E-state index in [-0.39, 0.29) is 18.0 Å². The maximum absolute atomic E-state index is 12.1.